The van der Waals surface area contributed by atoms with Crippen LogP contribution in [0.25, 0.3) is 0 Å². The van der Waals surface area contributed by atoms with Crippen molar-refractivity contribution in [2.45, 2.75) is 32.6 Å². The van der Waals surface area contributed by atoms with E-state index in [4.69, 9.17) is 4.74 Å². The maximum atomic E-state index is 4.98. The number of aryl methyl sites for hydroxylation is 2. The molecule has 17 heavy (non-hydrogen) atoms. The third-order valence-electron chi connectivity index (χ3n) is 2.62. The van der Waals surface area contributed by atoms with Gasteiger partial charge < -0.3 is 10.1 Å². The van der Waals surface area contributed by atoms with Crippen molar-refractivity contribution in [1.29, 1.82) is 0 Å². The lowest BCUT2D eigenvalue weighted by Crippen LogP contribution is -2.20. The van der Waals surface area contributed by atoms with E-state index in [0.29, 0.717) is 0 Å². The lowest BCUT2D eigenvalue weighted by atomic mass is 10.2. The molecule has 1 N–H and O–H groups in total. The molecule has 0 aromatic carbocycles. The molecule has 0 aliphatic rings. The molecule has 98 valence electrons. The van der Waals surface area contributed by atoms with E-state index in [1.807, 2.05) is 11.3 Å². The lowest BCUT2D eigenvalue weighted by molar-refractivity contribution is 0.199. The highest BCUT2D eigenvalue weighted by Gasteiger charge is 2.03. The third kappa shape index (κ3) is 6.55. The van der Waals surface area contributed by atoms with E-state index in [1.165, 1.54) is 39.9 Å². The Morgan fingerprint density at radius 1 is 1.29 bits per heavy atom. The van der Waals surface area contributed by atoms with Gasteiger partial charge in [-0.15, -0.1) is 11.3 Å². The summed E-state index contributed by atoms with van der Waals surface area (Å²) in [6.07, 6.45) is 5.04. The summed E-state index contributed by atoms with van der Waals surface area (Å²) in [7, 11) is 1.74. The Bertz CT molecular complexity index is 314. The Morgan fingerprint density at radius 3 is 2.76 bits per heavy atom. The number of halogens is 1. The number of thiophene rings is 1. The van der Waals surface area contributed by atoms with Crippen LogP contribution < -0.4 is 5.32 Å². The van der Waals surface area contributed by atoms with E-state index in [1.54, 1.807) is 7.11 Å². The highest BCUT2D eigenvalue weighted by molar-refractivity contribution is 9.10. The molecule has 1 aromatic heterocycles. The quantitative estimate of drug-likeness (QED) is 0.700. The molecule has 1 aromatic rings. The zero-order valence-electron chi connectivity index (χ0n) is 10.7. The van der Waals surface area contributed by atoms with Crippen LogP contribution >= 0.6 is 27.3 Å². The van der Waals surface area contributed by atoms with Gasteiger partial charge in [-0.25, -0.2) is 0 Å². The standard InChI is InChI=1S/C13H22BrNOS/c1-11-10-12(14)13(17-11)6-4-3-5-7-15-8-9-16-2/h10,15H,3-9H2,1-2H3. The van der Waals surface area contributed by atoms with Crippen LogP contribution in [0.4, 0.5) is 0 Å². The summed E-state index contributed by atoms with van der Waals surface area (Å²) in [5.41, 5.74) is 0. The van der Waals surface area contributed by atoms with Gasteiger partial charge in [-0.05, 0) is 54.7 Å². The minimum Gasteiger partial charge on any atom is -0.383 e. The normalized spacial score (nSPS) is 11.0. The molecule has 0 atom stereocenters. The number of unbranched alkanes of at least 4 members (excludes halogenated alkanes) is 2. The average Bonchev–Trinajstić information content (AvgIpc) is 2.61. The monoisotopic (exact) mass is 319 g/mol. The number of hydrogen-bond donors (Lipinski definition) is 1. The minimum atomic E-state index is 0.807. The van der Waals surface area contributed by atoms with Crippen LogP contribution in [0.15, 0.2) is 10.5 Å². The predicted molar refractivity (Wildman–Crippen MR) is 79.1 cm³/mol. The highest BCUT2D eigenvalue weighted by Crippen LogP contribution is 2.28. The summed E-state index contributed by atoms with van der Waals surface area (Å²) < 4.78 is 6.27. The first-order chi connectivity index (χ1) is 8.24. The van der Waals surface area contributed by atoms with Crippen LogP contribution in [-0.2, 0) is 11.2 Å². The van der Waals surface area contributed by atoms with Crippen LogP contribution in [0, 0.1) is 6.92 Å². The van der Waals surface area contributed by atoms with Crippen molar-refractivity contribution in [3.05, 3.63) is 20.3 Å². The molecule has 0 spiro atoms. The molecule has 1 heterocycles. The van der Waals surface area contributed by atoms with Crippen molar-refractivity contribution in [2.24, 2.45) is 0 Å². The first-order valence-electron chi connectivity index (χ1n) is 6.18. The highest BCUT2D eigenvalue weighted by atomic mass is 79.9. The molecule has 4 heteroatoms. The van der Waals surface area contributed by atoms with Gasteiger partial charge in [0, 0.05) is 27.9 Å². The first kappa shape index (κ1) is 15.2. The van der Waals surface area contributed by atoms with Crippen molar-refractivity contribution in [1.82, 2.24) is 5.32 Å². The summed E-state index contributed by atoms with van der Waals surface area (Å²) >= 11 is 5.52. The smallest absolute Gasteiger partial charge is 0.0587 e. The maximum Gasteiger partial charge on any atom is 0.0587 e. The number of ether oxygens (including phenoxy) is 1. The van der Waals surface area contributed by atoms with Crippen LogP contribution in [0.3, 0.4) is 0 Å². The Kier molecular flexibility index (Phi) is 8.10. The van der Waals surface area contributed by atoms with Crippen LogP contribution in [0.5, 0.6) is 0 Å². The fourth-order valence-electron chi connectivity index (χ4n) is 1.71. The summed E-state index contributed by atoms with van der Waals surface area (Å²) in [6, 6.07) is 2.21. The van der Waals surface area contributed by atoms with Crippen LogP contribution in [0.2, 0.25) is 0 Å². The molecule has 0 aliphatic heterocycles. The van der Waals surface area contributed by atoms with Gasteiger partial charge in [0.05, 0.1) is 6.61 Å². The van der Waals surface area contributed by atoms with Crippen molar-refractivity contribution in [2.75, 3.05) is 26.8 Å². The van der Waals surface area contributed by atoms with Gasteiger partial charge in [0.1, 0.15) is 0 Å². The summed E-state index contributed by atoms with van der Waals surface area (Å²) in [5, 5.41) is 3.37. The van der Waals surface area contributed by atoms with Crippen molar-refractivity contribution in [3.63, 3.8) is 0 Å². The maximum absolute atomic E-state index is 4.98. The van der Waals surface area contributed by atoms with Crippen LogP contribution in [-0.4, -0.2) is 26.8 Å². The zero-order chi connectivity index (χ0) is 12.5. The van der Waals surface area contributed by atoms with Gasteiger partial charge in [0.15, 0.2) is 0 Å². The Labute approximate surface area is 117 Å². The lowest BCUT2D eigenvalue weighted by Gasteiger charge is -2.03. The van der Waals surface area contributed by atoms with Gasteiger partial charge in [-0.2, -0.15) is 0 Å². The van der Waals surface area contributed by atoms with E-state index >= 15 is 0 Å². The fourth-order valence-corrected chi connectivity index (χ4v) is 3.62. The Hall–Kier alpha value is 0.100. The third-order valence-corrected chi connectivity index (χ3v) is 4.70. The fraction of sp³-hybridized carbons (Fsp3) is 0.692. The average molecular weight is 320 g/mol. The SMILES string of the molecule is COCCNCCCCCc1sc(C)cc1Br. The Balaban J connectivity index is 1.99. The molecular formula is C13H22BrNOS. The molecule has 0 saturated heterocycles. The molecule has 2 nitrogen and oxygen atoms in total. The van der Waals surface area contributed by atoms with Crippen molar-refractivity contribution >= 4 is 27.3 Å². The van der Waals surface area contributed by atoms with Gasteiger partial charge in [0.25, 0.3) is 0 Å². The van der Waals surface area contributed by atoms with Crippen molar-refractivity contribution < 1.29 is 4.74 Å². The molecule has 0 fully saturated rings. The van der Waals surface area contributed by atoms with Gasteiger partial charge in [-0.3, -0.25) is 0 Å². The number of rotatable bonds is 9. The van der Waals surface area contributed by atoms with E-state index in [9.17, 15) is 0 Å². The van der Waals surface area contributed by atoms with E-state index in [2.05, 4.69) is 34.2 Å². The second-order valence-electron chi connectivity index (χ2n) is 4.18. The van der Waals surface area contributed by atoms with E-state index in [0.717, 1.165) is 19.7 Å². The van der Waals surface area contributed by atoms with Gasteiger partial charge in [0.2, 0.25) is 0 Å². The minimum absolute atomic E-state index is 0.807. The second kappa shape index (κ2) is 9.09. The summed E-state index contributed by atoms with van der Waals surface area (Å²) in [4.78, 5) is 2.89. The Morgan fingerprint density at radius 2 is 2.12 bits per heavy atom. The molecule has 0 saturated carbocycles. The first-order valence-corrected chi connectivity index (χ1v) is 7.79. The molecule has 0 amide bonds. The molecule has 0 radical (unpaired) electrons. The second-order valence-corrected chi connectivity index (χ2v) is 6.38. The number of hydrogen-bond acceptors (Lipinski definition) is 3. The van der Waals surface area contributed by atoms with Crippen LogP contribution in [0.1, 0.15) is 29.0 Å². The summed E-state index contributed by atoms with van der Waals surface area (Å²) in [5.74, 6) is 0. The number of nitrogens with one attached hydrogen (secondary N) is 1. The largest absolute Gasteiger partial charge is 0.383 e. The van der Waals surface area contributed by atoms with E-state index in [-0.39, 0.29) is 0 Å². The molecule has 1 rings (SSSR count). The topological polar surface area (TPSA) is 21.3 Å². The van der Waals surface area contributed by atoms with Crippen molar-refractivity contribution in [3.8, 4) is 0 Å². The molecule has 0 bridgehead atoms. The number of methoxy groups -OCH3 is 1. The van der Waals surface area contributed by atoms with Gasteiger partial charge >= 0.3 is 0 Å². The predicted octanol–water partition coefficient (Wildman–Crippen LogP) is 3.77. The summed E-state index contributed by atoms with van der Waals surface area (Å²) in [6.45, 7) is 5.04. The van der Waals surface area contributed by atoms with E-state index < -0.39 is 0 Å². The zero-order valence-corrected chi connectivity index (χ0v) is 13.1. The van der Waals surface area contributed by atoms with Gasteiger partial charge in [-0.1, -0.05) is 6.42 Å². The molecule has 0 unspecified atom stereocenters. The molecular weight excluding hydrogens is 298 g/mol. The molecule has 0 aliphatic carbocycles.